The van der Waals surface area contributed by atoms with Crippen molar-refractivity contribution < 1.29 is 4.79 Å². The van der Waals surface area contributed by atoms with Crippen LogP contribution in [0.2, 0.25) is 0 Å². The molecule has 0 spiro atoms. The van der Waals surface area contributed by atoms with Crippen molar-refractivity contribution in [3.8, 4) is 0 Å². The third-order valence-electron chi connectivity index (χ3n) is 2.63. The van der Waals surface area contributed by atoms with Crippen molar-refractivity contribution >= 4 is 5.91 Å². The number of benzene rings is 1. The van der Waals surface area contributed by atoms with Crippen LogP contribution in [-0.2, 0) is 4.79 Å². The van der Waals surface area contributed by atoms with Crippen LogP contribution in [0.15, 0.2) is 24.3 Å². The van der Waals surface area contributed by atoms with Gasteiger partial charge in [-0.05, 0) is 24.5 Å². The molecule has 0 aliphatic carbocycles. The van der Waals surface area contributed by atoms with Crippen LogP contribution in [0.25, 0.3) is 0 Å². The maximum atomic E-state index is 11.4. The molecule has 2 heteroatoms. The highest BCUT2D eigenvalue weighted by Gasteiger charge is 2.12. The topological polar surface area (TPSA) is 29.1 Å². The molecule has 0 bridgehead atoms. The lowest BCUT2D eigenvalue weighted by atomic mass is 9.99. The Morgan fingerprint density at radius 2 is 2.00 bits per heavy atom. The third-order valence-corrected chi connectivity index (χ3v) is 2.63. The van der Waals surface area contributed by atoms with Crippen LogP contribution in [0.4, 0.5) is 0 Å². The van der Waals surface area contributed by atoms with Gasteiger partial charge in [-0.15, -0.1) is 0 Å². The van der Waals surface area contributed by atoms with Gasteiger partial charge in [0.15, 0.2) is 0 Å². The van der Waals surface area contributed by atoms with E-state index < -0.39 is 0 Å². The first-order valence-corrected chi connectivity index (χ1v) is 5.53. The lowest BCUT2D eigenvalue weighted by Crippen LogP contribution is -2.27. The zero-order chi connectivity index (χ0) is 11.3. The standard InChI is InChI=1S/C13H19NO/c1-4-12(14-13(15)5-2)11-9-7-6-8-10(11)3/h6-9,12H,4-5H2,1-3H3,(H,14,15)/t12-/m0/s1. The van der Waals surface area contributed by atoms with E-state index in [9.17, 15) is 4.79 Å². The molecule has 2 nitrogen and oxygen atoms in total. The molecular formula is C13H19NO. The van der Waals surface area contributed by atoms with E-state index in [1.54, 1.807) is 0 Å². The highest BCUT2D eigenvalue weighted by atomic mass is 16.1. The first-order chi connectivity index (χ1) is 7.19. The Morgan fingerprint density at radius 1 is 1.33 bits per heavy atom. The number of rotatable bonds is 4. The highest BCUT2D eigenvalue weighted by molar-refractivity contribution is 5.76. The molecule has 1 rings (SSSR count). The number of hydrogen-bond donors (Lipinski definition) is 1. The second-order valence-electron chi connectivity index (χ2n) is 3.74. The predicted molar refractivity (Wildman–Crippen MR) is 62.6 cm³/mol. The Labute approximate surface area is 91.7 Å². The maximum absolute atomic E-state index is 11.4. The zero-order valence-electron chi connectivity index (χ0n) is 9.71. The molecule has 0 aromatic heterocycles. The predicted octanol–water partition coefficient (Wildman–Crippen LogP) is 2.97. The highest BCUT2D eigenvalue weighted by Crippen LogP contribution is 2.20. The van der Waals surface area contributed by atoms with Gasteiger partial charge in [0.2, 0.25) is 5.91 Å². The summed E-state index contributed by atoms with van der Waals surface area (Å²) in [6.07, 6.45) is 1.47. The van der Waals surface area contributed by atoms with Gasteiger partial charge in [0.1, 0.15) is 0 Å². The van der Waals surface area contributed by atoms with E-state index in [-0.39, 0.29) is 11.9 Å². The molecule has 1 aromatic carbocycles. The van der Waals surface area contributed by atoms with Gasteiger partial charge in [-0.1, -0.05) is 38.1 Å². The van der Waals surface area contributed by atoms with E-state index >= 15 is 0 Å². The van der Waals surface area contributed by atoms with Crippen molar-refractivity contribution in [3.63, 3.8) is 0 Å². The van der Waals surface area contributed by atoms with Crippen molar-refractivity contribution in [2.24, 2.45) is 0 Å². The van der Waals surface area contributed by atoms with E-state index in [0.717, 1.165) is 6.42 Å². The fraction of sp³-hybridized carbons (Fsp3) is 0.462. The fourth-order valence-corrected chi connectivity index (χ4v) is 1.67. The molecule has 1 N–H and O–H groups in total. The summed E-state index contributed by atoms with van der Waals surface area (Å²) in [7, 11) is 0. The number of hydrogen-bond acceptors (Lipinski definition) is 1. The Balaban J connectivity index is 2.83. The van der Waals surface area contributed by atoms with Gasteiger partial charge in [-0.25, -0.2) is 0 Å². The number of carbonyl (C=O) groups excluding carboxylic acids is 1. The van der Waals surface area contributed by atoms with Crippen LogP contribution >= 0.6 is 0 Å². The second kappa shape index (κ2) is 5.54. The molecule has 0 radical (unpaired) electrons. The molecule has 1 amide bonds. The molecule has 0 aliphatic rings. The quantitative estimate of drug-likeness (QED) is 0.804. The number of aryl methyl sites for hydroxylation is 1. The molecule has 0 aliphatic heterocycles. The van der Waals surface area contributed by atoms with Gasteiger partial charge in [0, 0.05) is 6.42 Å². The monoisotopic (exact) mass is 205 g/mol. The molecular weight excluding hydrogens is 186 g/mol. The summed E-state index contributed by atoms with van der Waals surface area (Å²) in [6.45, 7) is 6.04. The van der Waals surface area contributed by atoms with Gasteiger partial charge in [0.25, 0.3) is 0 Å². The summed E-state index contributed by atoms with van der Waals surface area (Å²) in [4.78, 5) is 11.4. The van der Waals surface area contributed by atoms with Crippen LogP contribution in [0.5, 0.6) is 0 Å². The van der Waals surface area contributed by atoms with Crippen LogP contribution < -0.4 is 5.32 Å². The van der Waals surface area contributed by atoms with Gasteiger partial charge in [-0.2, -0.15) is 0 Å². The maximum Gasteiger partial charge on any atom is 0.220 e. The van der Waals surface area contributed by atoms with Gasteiger partial charge < -0.3 is 5.32 Å². The number of amides is 1. The Hall–Kier alpha value is -1.31. The van der Waals surface area contributed by atoms with Crippen molar-refractivity contribution in [2.75, 3.05) is 0 Å². The molecule has 1 atom stereocenters. The summed E-state index contributed by atoms with van der Waals surface area (Å²) in [5.74, 6) is 0.116. The van der Waals surface area contributed by atoms with E-state index in [4.69, 9.17) is 0 Å². The summed E-state index contributed by atoms with van der Waals surface area (Å²) in [6, 6.07) is 8.35. The Morgan fingerprint density at radius 3 is 2.53 bits per heavy atom. The van der Waals surface area contributed by atoms with Crippen LogP contribution in [0.3, 0.4) is 0 Å². The Bertz CT molecular complexity index is 333. The lowest BCUT2D eigenvalue weighted by Gasteiger charge is -2.19. The third kappa shape index (κ3) is 3.08. The van der Waals surface area contributed by atoms with E-state index in [2.05, 4.69) is 31.3 Å². The molecule has 0 saturated carbocycles. The van der Waals surface area contributed by atoms with E-state index in [1.165, 1.54) is 11.1 Å². The molecule has 82 valence electrons. The van der Waals surface area contributed by atoms with Crippen molar-refractivity contribution in [3.05, 3.63) is 35.4 Å². The normalized spacial score (nSPS) is 12.2. The summed E-state index contributed by atoms with van der Waals surface area (Å²) in [5, 5.41) is 3.03. The summed E-state index contributed by atoms with van der Waals surface area (Å²) >= 11 is 0. The molecule has 15 heavy (non-hydrogen) atoms. The molecule has 0 saturated heterocycles. The molecule has 1 aromatic rings. The van der Waals surface area contributed by atoms with Gasteiger partial charge in [0.05, 0.1) is 6.04 Å². The molecule has 0 unspecified atom stereocenters. The minimum Gasteiger partial charge on any atom is -0.349 e. The summed E-state index contributed by atoms with van der Waals surface area (Å²) in [5.41, 5.74) is 2.46. The number of nitrogens with one attached hydrogen (secondary N) is 1. The Kier molecular flexibility index (Phi) is 4.35. The molecule has 0 fully saturated rings. The minimum atomic E-state index is 0.116. The van der Waals surface area contributed by atoms with Crippen molar-refractivity contribution in [2.45, 2.75) is 39.7 Å². The average molecular weight is 205 g/mol. The second-order valence-corrected chi connectivity index (χ2v) is 3.74. The summed E-state index contributed by atoms with van der Waals surface area (Å²) < 4.78 is 0. The average Bonchev–Trinajstić information content (AvgIpc) is 2.26. The zero-order valence-corrected chi connectivity index (χ0v) is 9.71. The van der Waals surface area contributed by atoms with Crippen molar-refractivity contribution in [1.82, 2.24) is 5.32 Å². The SMILES string of the molecule is CCC(=O)N[C@@H](CC)c1ccccc1C. The number of carbonyl (C=O) groups is 1. The fourth-order valence-electron chi connectivity index (χ4n) is 1.67. The smallest absolute Gasteiger partial charge is 0.220 e. The van der Waals surface area contributed by atoms with E-state index in [1.807, 2.05) is 19.1 Å². The van der Waals surface area contributed by atoms with Gasteiger partial charge in [-0.3, -0.25) is 4.79 Å². The van der Waals surface area contributed by atoms with E-state index in [0.29, 0.717) is 6.42 Å². The van der Waals surface area contributed by atoms with Gasteiger partial charge >= 0.3 is 0 Å². The van der Waals surface area contributed by atoms with Crippen LogP contribution in [0.1, 0.15) is 43.9 Å². The van der Waals surface area contributed by atoms with Crippen LogP contribution in [-0.4, -0.2) is 5.91 Å². The minimum absolute atomic E-state index is 0.116. The molecule has 0 heterocycles. The van der Waals surface area contributed by atoms with Crippen molar-refractivity contribution in [1.29, 1.82) is 0 Å². The first kappa shape index (κ1) is 11.8. The largest absolute Gasteiger partial charge is 0.349 e. The van der Waals surface area contributed by atoms with Crippen LogP contribution in [0, 0.1) is 6.92 Å². The first-order valence-electron chi connectivity index (χ1n) is 5.53. The lowest BCUT2D eigenvalue weighted by molar-refractivity contribution is -0.121.